The number of anilines is 4. The number of hydrogen-bond acceptors (Lipinski definition) is 8. The van der Waals surface area contributed by atoms with Crippen molar-refractivity contribution >= 4 is 34.9 Å². The van der Waals surface area contributed by atoms with Gasteiger partial charge in [0, 0.05) is 31.4 Å². The lowest BCUT2D eigenvalue weighted by Gasteiger charge is -2.39. The van der Waals surface area contributed by atoms with Gasteiger partial charge in [-0.05, 0) is 75.4 Å². The topological polar surface area (TPSA) is 105 Å². The van der Waals surface area contributed by atoms with Gasteiger partial charge in [0.05, 0.1) is 11.9 Å². The Morgan fingerprint density at radius 2 is 1.94 bits per heavy atom. The number of β-amino-alcohol motifs (C(OH)–C–C–N with tert-alkyl or cyclic N) is 1. The van der Waals surface area contributed by atoms with Gasteiger partial charge in [0.1, 0.15) is 17.1 Å². The molecule has 2 saturated heterocycles. The molecule has 0 radical (unpaired) electrons. The highest BCUT2D eigenvalue weighted by Gasteiger charge is 2.28. The number of aromatic nitrogens is 4. The number of halogens is 2. The largest absolute Gasteiger partial charge is 0.377 e. The molecule has 0 bridgehead atoms. The van der Waals surface area contributed by atoms with Gasteiger partial charge in [0.2, 0.25) is 5.95 Å². The van der Waals surface area contributed by atoms with Gasteiger partial charge in [-0.2, -0.15) is 10.1 Å². The van der Waals surface area contributed by atoms with Crippen LogP contribution in [0, 0.1) is 19.7 Å². The van der Waals surface area contributed by atoms with E-state index >= 15 is 4.39 Å². The average molecular weight is 515 g/mol. The maximum atomic E-state index is 15.2. The molecular formula is C25H32ClFN8O. The van der Waals surface area contributed by atoms with Gasteiger partial charge in [-0.3, -0.25) is 14.9 Å². The molecule has 2 aliphatic heterocycles. The molecule has 0 saturated carbocycles. The van der Waals surface area contributed by atoms with E-state index in [2.05, 4.69) is 40.6 Å². The van der Waals surface area contributed by atoms with Crippen molar-refractivity contribution in [2.45, 2.75) is 45.3 Å². The van der Waals surface area contributed by atoms with Gasteiger partial charge in [0.25, 0.3) is 0 Å². The molecule has 2 aromatic heterocycles. The summed E-state index contributed by atoms with van der Waals surface area (Å²) in [5, 5.41) is 23.9. The molecule has 36 heavy (non-hydrogen) atoms. The van der Waals surface area contributed by atoms with E-state index in [0.717, 1.165) is 55.8 Å². The number of aryl methyl sites for hydroxylation is 2. The Morgan fingerprint density at radius 3 is 2.61 bits per heavy atom. The molecule has 1 unspecified atom stereocenters. The van der Waals surface area contributed by atoms with Crippen LogP contribution in [0.2, 0.25) is 5.02 Å². The minimum atomic E-state index is -0.425. The maximum Gasteiger partial charge on any atom is 0.229 e. The minimum Gasteiger partial charge on any atom is -0.377 e. The quantitative estimate of drug-likeness (QED) is 0.352. The van der Waals surface area contributed by atoms with Crippen LogP contribution in [0.15, 0.2) is 24.4 Å². The SMILES string of the molecule is Cc1cc(Nc2nc(Nc3cc(C)c(C4CCN(C(O)CN5CCC5)CC4)cc3F)ncc2Cl)n[nH]1. The summed E-state index contributed by atoms with van der Waals surface area (Å²) in [4.78, 5) is 13.0. The second-order valence-corrected chi connectivity index (χ2v) is 10.1. The number of hydrogen-bond donors (Lipinski definition) is 4. The summed E-state index contributed by atoms with van der Waals surface area (Å²) in [7, 11) is 0. The van der Waals surface area contributed by atoms with Crippen molar-refractivity contribution in [2.24, 2.45) is 0 Å². The van der Waals surface area contributed by atoms with E-state index in [4.69, 9.17) is 11.6 Å². The number of benzene rings is 1. The summed E-state index contributed by atoms with van der Waals surface area (Å²) in [6.07, 6.45) is 4.05. The molecule has 4 heterocycles. The third-order valence-electron chi connectivity index (χ3n) is 7.06. The fraction of sp³-hybridized carbons (Fsp3) is 0.480. The zero-order valence-corrected chi connectivity index (χ0v) is 21.3. The lowest BCUT2D eigenvalue weighted by atomic mass is 9.86. The van der Waals surface area contributed by atoms with Gasteiger partial charge >= 0.3 is 0 Å². The second-order valence-electron chi connectivity index (χ2n) is 9.71. The van der Waals surface area contributed by atoms with E-state index in [1.165, 1.54) is 12.6 Å². The summed E-state index contributed by atoms with van der Waals surface area (Å²) in [5.74, 6) is 1.08. The fourth-order valence-corrected chi connectivity index (χ4v) is 5.03. The van der Waals surface area contributed by atoms with Gasteiger partial charge in [0.15, 0.2) is 11.6 Å². The summed E-state index contributed by atoms with van der Waals surface area (Å²) in [5.41, 5.74) is 3.23. The van der Waals surface area contributed by atoms with Crippen molar-refractivity contribution in [3.8, 4) is 0 Å². The number of aliphatic hydroxyl groups is 1. The van der Waals surface area contributed by atoms with Crippen LogP contribution in [0.5, 0.6) is 0 Å². The number of H-pyrrole nitrogens is 1. The van der Waals surface area contributed by atoms with E-state index in [1.807, 2.05) is 19.9 Å². The second kappa shape index (κ2) is 10.7. The standard InChI is InChI=1S/C25H32ClFN8O/c1-15-10-21(29-25-28-13-19(26)24(31-25)30-22-11-16(2)32-33-22)20(27)12-18(15)17-4-8-35(9-5-17)23(36)14-34-6-3-7-34/h10-13,17,23,36H,3-9,14H2,1-2H3,(H3,28,29,30,31,32,33). The van der Waals surface area contributed by atoms with Crippen LogP contribution in [0.3, 0.4) is 0 Å². The van der Waals surface area contributed by atoms with Crippen LogP contribution in [-0.2, 0) is 0 Å². The number of aliphatic hydroxyl groups excluding tert-OH is 1. The molecule has 5 rings (SSSR count). The van der Waals surface area contributed by atoms with Gasteiger partial charge in [-0.25, -0.2) is 9.37 Å². The van der Waals surface area contributed by atoms with Crippen molar-refractivity contribution in [1.82, 2.24) is 30.0 Å². The zero-order valence-electron chi connectivity index (χ0n) is 20.6. The minimum absolute atomic E-state index is 0.227. The molecule has 1 atom stereocenters. The van der Waals surface area contributed by atoms with E-state index in [1.54, 1.807) is 12.1 Å². The molecule has 0 aliphatic carbocycles. The summed E-state index contributed by atoms with van der Waals surface area (Å²) in [6, 6.07) is 5.25. The highest BCUT2D eigenvalue weighted by atomic mass is 35.5. The Balaban J connectivity index is 1.24. The summed E-state index contributed by atoms with van der Waals surface area (Å²) >= 11 is 6.24. The van der Waals surface area contributed by atoms with Crippen LogP contribution in [-0.4, -0.2) is 74.0 Å². The molecular weight excluding hydrogens is 483 g/mol. The zero-order chi connectivity index (χ0) is 25.2. The first kappa shape index (κ1) is 24.9. The molecule has 4 N–H and O–H groups in total. The van der Waals surface area contributed by atoms with Crippen LogP contribution in [0.25, 0.3) is 0 Å². The Bertz CT molecular complexity index is 1210. The number of rotatable bonds is 8. The average Bonchev–Trinajstić information content (AvgIpc) is 3.25. The predicted octanol–water partition coefficient (Wildman–Crippen LogP) is 4.30. The van der Waals surface area contributed by atoms with Crippen LogP contribution in [0.4, 0.5) is 27.7 Å². The maximum absolute atomic E-state index is 15.2. The molecule has 9 nitrogen and oxygen atoms in total. The van der Waals surface area contributed by atoms with E-state index < -0.39 is 6.23 Å². The van der Waals surface area contributed by atoms with Gasteiger partial charge in [-0.1, -0.05) is 11.6 Å². The molecule has 11 heteroatoms. The van der Waals surface area contributed by atoms with E-state index in [-0.39, 0.29) is 17.7 Å². The van der Waals surface area contributed by atoms with Crippen molar-refractivity contribution in [3.05, 3.63) is 52.1 Å². The van der Waals surface area contributed by atoms with E-state index in [9.17, 15) is 5.11 Å². The number of likely N-dealkylation sites (tertiary alicyclic amines) is 2. The van der Waals surface area contributed by atoms with Crippen molar-refractivity contribution in [3.63, 3.8) is 0 Å². The first-order chi connectivity index (χ1) is 17.4. The molecule has 1 aromatic carbocycles. The molecule has 0 amide bonds. The predicted molar refractivity (Wildman–Crippen MR) is 139 cm³/mol. The molecule has 0 spiro atoms. The molecule has 192 valence electrons. The summed E-state index contributed by atoms with van der Waals surface area (Å²) < 4.78 is 15.2. The Morgan fingerprint density at radius 1 is 1.17 bits per heavy atom. The Kier molecular flexibility index (Phi) is 7.38. The molecule has 2 fully saturated rings. The van der Waals surface area contributed by atoms with Crippen LogP contribution < -0.4 is 10.6 Å². The fourth-order valence-electron chi connectivity index (χ4n) is 4.89. The van der Waals surface area contributed by atoms with E-state index in [0.29, 0.717) is 28.9 Å². The number of nitrogens with zero attached hydrogens (tertiary/aromatic N) is 5. The van der Waals surface area contributed by atoms with Crippen molar-refractivity contribution in [1.29, 1.82) is 0 Å². The molecule has 3 aromatic rings. The summed E-state index contributed by atoms with van der Waals surface area (Å²) in [6.45, 7) is 8.38. The van der Waals surface area contributed by atoms with Crippen molar-refractivity contribution in [2.75, 3.05) is 43.4 Å². The third-order valence-corrected chi connectivity index (χ3v) is 7.34. The highest BCUT2D eigenvalue weighted by Crippen LogP contribution is 2.34. The normalized spacial score (nSPS) is 18.1. The van der Waals surface area contributed by atoms with Gasteiger partial charge < -0.3 is 15.7 Å². The number of piperidine rings is 1. The highest BCUT2D eigenvalue weighted by molar-refractivity contribution is 6.32. The molecule has 2 aliphatic rings. The monoisotopic (exact) mass is 514 g/mol. The van der Waals surface area contributed by atoms with Crippen molar-refractivity contribution < 1.29 is 9.50 Å². The van der Waals surface area contributed by atoms with Crippen LogP contribution >= 0.6 is 11.6 Å². The number of nitrogens with one attached hydrogen (secondary N) is 3. The number of aromatic amines is 1. The van der Waals surface area contributed by atoms with Gasteiger partial charge in [-0.15, -0.1) is 0 Å². The lowest BCUT2D eigenvalue weighted by Crippen LogP contribution is -2.50. The third kappa shape index (κ3) is 5.62. The first-order valence-corrected chi connectivity index (χ1v) is 12.8. The Hall–Kier alpha value is -2.79. The Labute approximate surface area is 215 Å². The smallest absolute Gasteiger partial charge is 0.229 e. The first-order valence-electron chi connectivity index (χ1n) is 12.4. The van der Waals surface area contributed by atoms with Crippen LogP contribution in [0.1, 0.15) is 42.0 Å². The lowest BCUT2D eigenvalue weighted by molar-refractivity contribution is -0.0431.